The van der Waals surface area contributed by atoms with Crippen molar-refractivity contribution in [3.05, 3.63) is 190 Å². The van der Waals surface area contributed by atoms with E-state index in [4.69, 9.17) is 65.8 Å². The van der Waals surface area contributed by atoms with E-state index in [0.717, 1.165) is 72.0 Å². The van der Waals surface area contributed by atoms with Crippen molar-refractivity contribution in [3.8, 4) is 56.0 Å². The number of aromatic amines is 2. The smallest absolute Gasteiger partial charge is 0.119 e. The third kappa shape index (κ3) is 7.48. The van der Waals surface area contributed by atoms with Crippen molar-refractivity contribution in [3.63, 3.8) is 0 Å². The Morgan fingerprint density at radius 3 is 1.33 bits per heavy atom. The summed E-state index contributed by atoms with van der Waals surface area (Å²) in [5.41, 5.74) is 12.2. The average molecular weight is 915 g/mol. The zero-order chi connectivity index (χ0) is 43.9. The number of nitrogens with one attached hydrogen (secondary N) is 2. The molecule has 10 heteroatoms. The summed E-state index contributed by atoms with van der Waals surface area (Å²) in [6, 6.07) is 39.3. The molecule has 0 unspecified atom stereocenters. The molecule has 5 aromatic carbocycles. The van der Waals surface area contributed by atoms with Gasteiger partial charge in [0.05, 0.1) is 53.9 Å². The SMILES string of the molecule is C=CCOc1ccc(-c2c3nc(c(-c4c(Cl)cccc4Cl)c4[nH]c(c(-c5ccc(OCC=C)cc5)c5nc(c(-c6c(Cl)cccc6Cl)c6ccc2[nH]6)C=C5)c2ccccc42)C=C3)cc1. The van der Waals surface area contributed by atoms with Crippen LogP contribution in [0.2, 0.25) is 20.1 Å². The first-order valence-corrected chi connectivity index (χ1v) is 22.0. The molecule has 0 atom stereocenters. The van der Waals surface area contributed by atoms with Gasteiger partial charge in [-0.1, -0.05) is 132 Å². The van der Waals surface area contributed by atoms with Crippen molar-refractivity contribution < 1.29 is 9.47 Å². The minimum Gasteiger partial charge on any atom is -0.490 e. The first-order chi connectivity index (χ1) is 31.3. The lowest BCUT2D eigenvalue weighted by atomic mass is 10.00. The van der Waals surface area contributed by atoms with E-state index in [2.05, 4.69) is 35.3 Å². The number of ether oxygens (including phenoxy) is 2. The molecule has 6 nitrogen and oxygen atoms in total. The molecule has 8 bridgehead atoms. The fraction of sp³-hybridized carbons (Fsp3) is 0.0370. The molecule has 0 saturated heterocycles. The van der Waals surface area contributed by atoms with Crippen LogP contribution in [0.1, 0.15) is 22.8 Å². The maximum Gasteiger partial charge on any atom is 0.119 e. The predicted molar refractivity (Wildman–Crippen MR) is 270 cm³/mol. The summed E-state index contributed by atoms with van der Waals surface area (Å²) in [4.78, 5) is 18.5. The van der Waals surface area contributed by atoms with Gasteiger partial charge in [-0.3, -0.25) is 0 Å². The molecule has 2 aliphatic heterocycles. The van der Waals surface area contributed by atoms with Crippen LogP contribution in [0, 0.1) is 0 Å². The van der Waals surface area contributed by atoms with Crippen LogP contribution in [0.4, 0.5) is 0 Å². The number of H-pyrrole nitrogens is 2. The van der Waals surface area contributed by atoms with E-state index in [1.807, 2.05) is 133 Å². The first kappa shape index (κ1) is 41.2. The summed E-state index contributed by atoms with van der Waals surface area (Å²) in [6.45, 7) is 8.38. The number of halogens is 4. The zero-order valence-electron chi connectivity index (χ0n) is 34.1. The Bertz CT molecular complexity index is 3380. The summed E-state index contributed by atoms with van der Waals surface area (Å²) >= 11 is 28.4. The Balaban J connectivity index is 1.42. The Labute approximate surface area is 389 Å². The van der Waals surface area contributed by atoms with Gasteiger partial charge in [0.25, 0.3) is 0 Å². The molecule has 0 amide bonds. The molecule has 0 fully saturated rings. The van der Waals surface area contributed by atoms with E-state index in [0.29, 0.717) is 73.0 Å². The number of aromatic nitrogens is 4. The topological polar surface area (TPSA) is 75.8 Å². The Hall–Kier alpha value is -6.80. The quantitative estimate of drug-likeness (QED) is 0.134. The molecule has 0 radical (unpaired) electrons. The van der Waals surface area contributed by atoms with E-state index >= 15 is 0 Å². The standard InChI is InChI=1S/C54H36Cl4N4O2/c1-3-29-63-33-19-15-31(16-20-33)47-41-23-26-44(59-41)51(49-37(55)11-7-12-38(49)56)45-27-25-43(61-45)48(32-17-21-34(22-18-32)64-30-4-2)53-35-9-5-6-10-36(35)54(62-53)52(46-28-24-42(47)60-46)50-39(57)13-8-14-40(50)58/h3-28,59,62H,1-2,29-30H2. The Morgan fingerprint density at radius 1 is 0.422 bits per heavy atom. The van der Waals surface area contributed by atoms with Gasteiger partial charge < -0.3 is 19.4 Å². The fourth-order valence-electron chi connectivity index (χ4n) is 8.40. The van der Waals surface area contributed by atoms with Crippen LogP contribution in [-0.4, -0.2) is 33.1 Å². The Morgan fingerprint density at radius 2 is 0.828 bits per heavy atom. The molecular formula is C54H36Cl4N4O2. The van der Waals surface area contributed by atoms with Gasteiger partial charge in [-0.2, -0.15) is 0 Å². The molecule has 2 aliphatic rings. The first-order valence-electron chi connectivity index (χ1n) is 20.5. The molecule has 0 spiro atoms. The third-order valence-corrected chi connectivity index (χ3v) is 12.5. The highest BCUT2D eigenvalue weighted by molar-refractivity contribution is 6.41. The summed E-state index contributed by atoms with van der Waals surface area (Å²) in [5, 5.41) is 3.84. The average Bonchev–Trinajstić information content (AvgIpc) is 4.15. The second-order valence-corrected chi connectivity index (χ2v) is 16.7. The molecule has 312 valence electrons. The summed E-state index contributed by atoms with van der Waals surface area (Å²) < 4.78 is 11.8. The van der Waals surface area contributed by atoms with Crippen LogP contribution in [0.15, 0.2) is 147 Å². The van der Waals surface area contributed by atoms with Gasteiger partial charge in [0.1, 0.15) is 24.7 Å². The number of nitrogens with zero attached hydrogens (tertiary/aromatic N) is 2. The van der Waals surface area contributed by atoms with Gasteiger partial charge in [0.2, 0.25) is 0 Å². The molecule has 0 saturated carbocycles. The molecule has 10 rings (SSSR count). The monoisotopic (exact) mass is 912 g/mol. The molecule has 5 heterocycles. The van der Waals surface area contributed by atoms with Crippen molar-refractivity contribution >= 4 is 104 Å². The van der Waals surface area contributed by atoms with Gasteiger partial charge in [0, 0.05) is 55.2 Å². The van der Waals surface area contributed by atoms with Gasteiger partial charge in [-0.05, 0) is 96.1 Å². The van der Waals surface area contributed by atoms with Crippen molar-refractivity contribution in [2.24, 2.45) is 0 Å². The lowest BCUT2D eigenvalue weighted by Gasteiger charge is -2.10. The van der Waals surface area contributed by atoms with E-state index in [9.17, 15) is 0 Å². The van der Waals surface area contributed by atoms with Crippen LogP contribution in [0.3, 0.4) is 0 Å². The van der Waals surface area contributed by atoms with Crippen LogP contribution in [0.5, 0.6) is 11.5 Å². The minimum absolute atomic E-state index is 0.384. The number of rotatable bonds is 10. The number of hydrogen-bond donors (Lipinski definition) is 2. The summed E-state index contributed by atoms with van der Waals surface area (Å²) in [6.07, 6.45) is 11.5. The van der Waals surface area contributed by atoms with Crippen LogP contribution < -0.4 is 9.47 Å². The van der Waals surface area contributed by atoms with E-state index in [-0.39, 0.29) is 0 Å². The normalized spacial score (nSPS) is 11.9. The zero-order valence-corrected chi connectivity index (χ0v) is 37.1. The summed E-state index contributed by atoms with van der Waals surface area (Å²) in [7, 11) is 0. The second kappa shape index (κ2) is 17.4. The van der Waals surface area contributed by atoms with Crippen molar-refractivity contribution in [1.82, 2.24) is 19.9 Å². The van der Waals surface area contributed by atoms with Crippen LogP contribution in [0.25, 0.3) is 102 Å². The van der Waals surface area contributed by atoms with Crippen molar-refractivity contribution in [1.29, 1.82) is 0 Å². The number of benzene rings is 5. The molecule has 2 N–H and O–H groups in total. The van der Waals surface area contributed by atoms with Crippen LogP contribution >= 0.6 is 46.4 Å². The highest BCUT2D eigenvalue weighted by Gasteiger charge is 2.24. The van der Waals surface area contributed by atoms with E-state index < -0.39 is 0 Å². The van der Waals surface area contributed by atoms with E-state index in [1.54, 1.807) is 12.2 Å². The largest absolute Gasteiger partial charge is 0.490 e. The van der Waals surface area contributed by atoms with Crippen LogP contribution in [-0.2, 0) is 0 Å². The maximum absolute atomic E-state index is 7.15. The van der Waals surface area contributed by atoms with Gasteiger partial charge in [-0.25, -0.2) is 9.97 Å². The predicted octanol–water partition coefficient (Wildman–Crippen LogP) is 16.2. The highest BCUT2D eigenvalue weighted by atomic mass is 35.5. The minimum atomic E-state index is 0.384. The summed E-state index contributed by atoms with van der Waals surface area (Å²) in [5.74, 6) is 1.43. The van der Waals surface area contributed by atoms with E-state index in [1.165, 1.54) is 0 Å². The maximum atomic E-state index is 7.15. The third-order valence-electron chi connectivity index (χ3n) is 11.2. The lowest BCUT2D eigenvalue weighted by Crippen LogP contribution is -1.93. The van der Waals surface area contributed by atoms with Gasteiger partial charge >= 0.3 is 0 Å². The molecular weight excluding hydrogens is 878 g/mol. The molecule has 3 aromatic heterocycles. The number of hydrogen-bond acceptors (Lipinski definition) is 4. The second-order valence-electron chi connectivity index (χ2n) is 15.1. The van der Waals surface area contributed by atoms with Crippen molar-refractivity contribution in [2.75, 3.05) is 13.2 Å². The lowest BCUT2D eigenvalue weighted by molar-refractivity contribution is 0.363. The highest BCUT2D eigenvalue weighted by Crippen LogP contribution is 2.46. The van der Waals surface area contributed by atoms with Gasteiger partial charge in [-0.15, -0.1) is 0 Å². The molecule has 8 aromatic rings. The fourth-order valence-corrected chi connectivity index (χ4v) is 9.58. The van der Waals surface area contributed by atoms with Gasteiger partial charge in [0.15, 0.2) is 0 Å². The molecule has 64 heavy (non-hydrogen) atoms. The Kier molecular flexibility index (Phi) is 11.2. The van der Waals surface area contributed by atoms with Crippen molar-refractivity contribution in [2.45, 2.75) is 0 Å². The number of fused-ring (bicyclic) bond motifs is 11. The molecule has 0 aliphatic carbocycles.